The van der Waals surface area contributed by atoms with Gasteiger partial charge in [-0.1, -0.05) is 68.1 Å². The van der Waals surface area contributed by atoms with Gasteiger partial charge < -0.3 is 9.64 Å². The highest BCUT2D eigenvalue weighted by molar-refractivity contribution is 5.89. The molecular weight excluding hydrogens is 478 g/mol. The lowest BCUT2D eigenvalue weighted by Crippen LogP contribution is -2.37. The molecule has 0 radical (unpaired) electrons. The Morgan fingerprint density at radius 1 is 0.769 bits per heavy atom. The summed E-state index contributed by atoms with van der Waals surface area (Å²) in [4.78, 5) is 2.58. The van der Waals surface area contributed by atoms with Crippen molar-refractivity contribution in [1.29, 1.82) is 0 Å². The van der Waals surface area contributed by atoms with Crippen LogP contribution in [0.1, 0.15) is 80.0 Å². The van der Waals surface area contributed by atoms with E-state index in [0.29, 0.717) is 0 Å². The second-order valence-corrected chi connectivity index (χ2v) is 11.4. The summed E-state index contributed by atoms with van der Waals surface area (Å²) < 4.78 is 9.40. The number of aromatic nitrogens is 2. The summed E-state index contributed by atoms with van der Waals surface area (Å²) in [6, 6.07) is 20.5. The van der Waals surface area contributed by atoms with E-state index in [2.05, 4.69) is 106 Å². The number of benzene rings is 3. The number of nitrogens with zero attached hydrogens (tertiary/aromatic N) is 3. The molecule has 2 aliphatic rings. The quantitative estimate of drug-likeness (QED) is 0.234. The molecule has 0 amide bonds. The maximum absolute atomic E-state index is 7.26. The Morgan fingerprint density at radius 2 is 1.38 bits per heavy atom. The van der Waals surface area contributed by atoms with Gasteiger partial charge in [-0.25, -0.2) is 0 Å². The van der Waals surface area contributed by atoms with Crippen LogP contribution in [0.5, 0.6) is 5.75 Å². The molecule has 0 bridgehead atoms. The molecule has 3 aromatic carbocycles. The fourth-order valence-corrected chi connectivity index (χ4v) is 6.64. The molecule has 4 aromatic rings. The second kappa shape index (κ2) is 9.89. The number of aryl methyl sites for hydroxylation is 3. The lowest BCUT2D eigenvalue weighted by molar-refractivity contribution is 0.156. The van der Waals surface area contributed by atoms with E-state index in [0.717, 1.165) is 36.6 Å². The van der Waals surface area contributed by atoms with Crippen molar-refractivity contribution >= 4 is 5.69 Å². The van der Waals surface area contributed by atoms with Crippen LogP contribution in [0.15, 0.2) is 54.6 Å². The summed E-state index contributed by atoms with van der Waals surface area (Å²) in [6.45, 7) is 16.3. The van der Waals surface area contributed by atoms with Crippen molar-refractivity contribution in [2.24, 2.45) is 0 Å². The first-order valence-corrected chi connectivity index (χ1v) is 14.8. The van der Waals surface area contributed by atoms with E-state index in [9.17, 15) is 0 Å². The molecular formula is C35H41N3O. The largest absolute Gasteiger partial charge is 0.472 e. The molecule has 0 saturated carbocycles. The zero-order valence-corrected chi connectivity index (χ0v) is 24.4. The van der Waals surface area contributed by atoms with Gasteiger partial charge in [-0.15, -0.1) is 0 Å². The fraction of sp³-hybridized carbons (Fsp3) is 0.400. The first kappa shape index (κ1) is 25.7. The Bertz CT molecular complexity index is 1540. The van der Waals surface area contributed by atoms with Gasteiger partial charge >= 0.3 is 0 Å². The van der Waals surface area contributed by atoms with Gasteiger partial charge in [0.15, 0.2) is 5.60 Å². The number of anilines is 1. The second-order valence-electron chi connectivity index (χ2n) is 11.4. The number of hydrogen-bond acceptors (Lipinski definition) is 3. The lowest BCUT2D eigenvalue weighted by atomic mass is 9.79. The van der Waals surface area contributed by atoms with E-state index in [1.165, 1.54) is 76.0 Å². The summed E-state index contributed by atoms with van der Waals surface area (Å²) in [7, 11) is 0. The average molecular weight is 520 g/mol. The number of unbranched alkanes of at least 4 members (excludes halogenated alkanes) is 2. The first-order chi connectivity index (χ1) is 18.9. The van der Waals surface area contributed by atoms with Gasteiger partial charge in [0, 0.05) is 47.7 Å². The predicted molar refractivity (Wildman–Crippen MR) is 162 cm³/mol. The third-order valence-corrected chi connectivity index (χ3v) is 8.67. The van der Waals surface area contributed by atoms with Gasteiger partial charge in [-0.2, -0.15) is 5.10 Å². The van der Waals surface area contributed by atoms with Crippen molar-refractivity contribution in [3.63, 3.8) is 0 Å². The summed E-state index contributed by atoms with van der Waals surface area (Å²) >= 11 is 0. The number of ether oxygens (including phenoxy) is 1. The fourth-order valence-electron chi connectivity index (χ4n) is 6.64. The molecule has 4 heteroatoms. The normalized spacial score (nSPS) is 16.5. The molecule has 0 saturated heterocycles. The number of fused-ring (bicyclic) bond motifs is 9. The average Bonchev–Trinajstić information content (AvgIpc) is 3.41. The van der Waals surface area contributed by atoms with Gasteiger partial charge in [-0.3, -0.25) is 4.68 Å². The molecule has 1 aromatic heterocycles. The van der Waals surface area contributed by atoms with Gasteiger partial charge in [0.1, 0.15) is 11.4 Å². The maximum Gasteiger partial charge on any atom is 0.189 e. The van der Waals surface area contributed by atoms with E-state index >= 15 is 0 Å². The minimum atomic E-state index is -0.719. The molecule has 1 atom stereocenters. The molecule has 202 valence electrons. The Kier molecular flexibility index (Phi) is 6.53. The molecule has 6 rings (SSSR count). The minimum absolute atomic E-state index is 0.719. The molecule has 1 aliphatic heterocycles. The van der Waals surface area contributed by atoms with E-state index < -0.39 is 5.60 Å². The van der Waals surface area contributed by atoms with E-state index in [-0.39, 0.29) is 0 Å². The van der Waals surface area contributed by atoms with Crippen LogP contribution in [0.3, 0.4) is 0 Å². The Labute approximate surface area is 233 Å². The third kappa shape index (κ3) is 3.91. The van der Waals surface area contributed by atoms with Crippen LogP contribution in [-0.2, 0) is 12.1 Å². The highest BCUT2D eigenvalue weighted by Crippen LogP contribution is 2.59. The molecule has 2 heterocycles. The van der Waals surface area contributed by atoms with E-state index in [1.807, 2.05) is 0 Å². The van der Waals surface area contributed by atoms with Crippen molar-refractivity contribution in [1.82, 2.24) is 9.78 Å². The van der Waals surface area contributed by atoms with Crippen LogP contribution >= 0.6 is 0 Å². The topological polar surface area (TPSA) is 30.3 Å². The van der Waals surface area contributed by atoms with Gasteiger partial charge in [0.05, 0.1) is 5.56 Å². The highest BCUT2D eigenvalue weighted by Gasteiger charge is 2.53. The van der Waals surface area contributed by atoms with Crippen molar-refractivity contribution in [3.8, 4) is 28.1 Å². The number of rotatable bonds is 8. The van der Waals surface area contributed by atoms with Crippen LogP contribution in [0.2, 0.25) is 0 Å². The van der Waals surface area contributed by atoms with Crippen LogP contribution in [0.25, 0.3) is 22.4 Å². The smallest absolute Gasteiger partial charge is 0.189 e. The maximum atomic E-state index is 7.26. The first-order valence-electron chi connectivity index (χ1n) is 14.8. The van der Waals surface area contributed by atoms with E-state index in [1.54, 1.807) is 0 Å². The van der Waals surface area contributed by atoms with Crippen LogP contribution in [0, 0.1) is 20.8 Å². The Morgan fingerprint density at radius 3 is 2.05 bits per heavy atom. The minimum Gasteiger partial charge on any atom is -0.472 e. The van der Waals surface area contributed by atoms with Crippen molar-refractivity contribution in [2.75, 3.05) is 18.0 Å². The summed E-state index contributed by atoms with van der Waals surface area (Å²) in [5.41, 5.74) is 12.6. The summed E-state index contributed by atoms with van der Waals surface area (Å²) in [5.74, 6) is 0.907. The molecule has 4 nitrogen and oxygen atoms in total. The van der Waals surface area contributed by atoms with Crippen molar-refractivity contribution in [2.45, 2.75) is 79.4 Å². The Hall–Kier alpha value is -3.53. The highest BCUT2D eigenvalue weighted by atomic mass is 16.5. The standard InChI is InChI=1S/C35H41N3O/c1-7-10-18-37(19-11-8-2)26-14-16-31-28(22-26)27-20-23(4)12-15-30(27)35(31)33-25(6)38(9-3)36-34(33)29-21-24(5)13-17-32(29)39-35/h12-17,20-22H,7-11,18-19H2,1-6H3. The van der Waals surface area contributed by atoms with Crippen molar-refractivity contribution < 1.29 is 4.74 Å². The zero-order chi connectivity index (χ0) is 27.3. The summed E-state index contributed by atoms with van der Waals surface area (Å²) in [5, 5.41) is 5.18. The monoisotopic (exact) mass is 519 g/mol. The van der Waals surface area contributed by atoms with Gasteiger partial charge in [-0.05, 0) is 75.9 Å². The molecule has 0 N–H and O–H groups in total. The van der Waals surface area contributed by atoms with E-state index in [4.69, 9.17) is 9.84 Å². The van der Waals surface area contributed by atoms with Crippen LogP contribution < -0.4 is 9.64 Å². The Balaban J connectivity index is 1.62. The van der Waals surface area contributed by atoms with Crippen LogP contribution in [0.4, 0.5) is 5.69 Å². The van der Waals surface area contributed by atoms with Gasteiger partial charge in [0.2, 0.25) is 0 Å². The number of hydrogen-bond donors (Lipinski definition) is 0. The molecule has 1 aliphatic carbocycles. The molecule has 39 heavy (non-hydrogen) atoms. The molecule has 0 fully saturated rings. The SMILES string of the molecule is CCCCN(CCCC)c1ccc2c(c1)-c1cc(C)ccc1C21Oc2ccc(C)cc2-c2nn(CC)c(C)c21. The van der Waals surface area contributed by atoms with Crippen LogP contribution in [-0.4, -0.2) is 22.9 Å². The molecule has 1 unspecified atom stereocenters. The lowest BCUT2D eigenvalue weighted by Gasteiger charge is -2.38. The van der Waals surface area contributed by atoms with Gasteiger partial charge in [0.25, 0.3) is 0 Å². The summed E-state index contributed by atoms with van der Waals surface area (Å²) in [6.07, 6.45) is 4.82. The third-order valence-electron chi connectivity index (χ3n) is 8.67. The molecule has 1 spiro atoms. The predicted octanol–water partition coefficient (Wildman–Crippen LogP) is 8.57. The zero-order valence-electron chi connectivity index (χ0n) is 24.4. The van der Waals surface area contributed by atoms with Crippen molar-refractivity contribution in [3.05, 3.63) is 88.1 Å².